The summed E-state index contributed by atoms with van der Waals surface area (Å²) >= 11 is 5.88. The first-order chi connectivity index (χ1) is 4.75. The summed E-state index contributed by atoms with van der Waals surface area (Å²) < 4.78 is 0. The van der Waals surface area contributed by atoms with E-state index in [2.05, 4.69) is 6.92 Å². The molecule has 2 heteroatoms. The first-order valence-electron chi connectivity index (χ1n) is 3.59. The highest BCUT2D eigenvalue weighted by Gasteiger charge is 2.16. The Kier molecular flexibility index (Phi) is 2.50. The lowest BCUT2D eigenvalue weighted by Gasteiger charge is -2.17. The van der Waals surface area contributed by atoms with E-state index >= 15 is 0 Å². The van der Waals surface area contributed by atoms with Gasteiger partial charge in [-0.25, -0.2) is 0 Å². The molecule has 0 aromatic carbocycles. The summed E-state index contributed by atoms with van der Waals surface area (Å²) in [5.74, 6) is 0.399. The van der Waals surface area contributed by atoms with Gasteiger partial charge in [-0.3, -0.25) is 4.79 Å². The summed E-state index contributed by atoms with van der Waals surface area (Å²) in [4.78, 5) is 10.4. The lowest BCUT2D eigenvalue weighted by atomic mass is 9.92. The molecule has 1 unspecified atom stereocenters. The van der Waals surface area contributed by atoms with Crippen LogP contribution in [0.1, 0.15) is 26.2 Å². The van der Waals surface area contributed by atoms with E-state index in [0.717, 1.165) is 36.2 Å². The Balaban J connectivity index is 2.81. The topological polar surface area (TPSA) is 17.1 Å². The van der Waals surface area contributed by atoms with Crippen molar-refractivity contribution >= 4 is 17.9 Å². The van der Waals surface area contributed by atoms with Crippen molar-refractivity contribution in [1.82, 2.24) is 0 Å². The van der Waals surface area contributed by atoms with Crippen LogP contribution in [0.5, 0.6) is 0 Å². The Bertz CT molecular complexity index is 172. The van der Waals surface area contributed by atoms with Gasteiger partial charge in [-0.05, 0) is 25.2 Å². The molecule has 0 amide bonds. The quantitative estimate of drug-likeness (QED) is 0.536. The number of rotatable bonds is 1. The second-order valence-corrected chi connectivity index (χ2v) is 3.19. The van der Waals surface area contributed by atoms with Crippen LogP contribution in [0.25, 0.3) is 0 Å². The standard InChI is InChI=1S/C8H11ClO/c1-6-3-2-4-7(5-10)8(6)9/h5-6H,2-4H2,1H3. The zero-order valence-corrected chi connectivity index (χ0v) is 6.82. The Hall–Kier alpha value is -0.300. The maximum absolute atomic E-state index is 10.4. The smallest absolute Gasteiger partial charge is 0.147 e. The van der Waals surface area contributed by atoms with Crippen LogP contribution in [-0.2, 0) is 4.79 Å². The van der Waals surface area contributed by atoms with Crippen LogP contribution >= 0.6 is 11.6 Å². The van der Waals surface area contributed by atoms with Crippen molar-refractivity contribution in [3.05, 3.63) is 10.6 Å². The van der Waals surface area contributed by atoms with Gasteiger partial charge >= 0.3 is 0 Å². The number of hydrogen-bond acceptors (Lipinski definition) is 1. The zero-order chi connectivity index (χ0) is 7.56. The van der Waals surface area contributed by atoms with Crippen molar-refractivity contribution in [2.75, 3.05) is 0 Å². The van der Waals surface area contributed by atoms with Crippen molar-refractivity contribution < 1.29 is 4.79 Å². The summed E-state index contributed by atoms with van der Waals surface area (Å²) in [6, 6.07) is 0. The van der Waals surface area contributed by atoms with Gasteiger partial charge in [-0.15, -0.1) is 0 Å². The number of allylic oxidation sites excluding steroid dienone is 2. The lowest BCUT2D eigenvalue weighted by molar-refractivity contribution is -0.105. The molecule has 0 heterocycles. The molecule has 0 aromatic heterocycles. The molecule has 1 aliphatic carbocycles. The zero-order valence-electron chi connectivity index (χ0n) is 6.06. The third kappa shape index (κ3) is 1.40. The van der Waals surface area contributed by atoms with Crippen LogP contribution in [0.3, 0.4) is 0 Å². The predicted molar refractivity (Wildman–Crippen MR) is 42.0 cm³/mol. The van der Waals surface area contributed by atoms with Crippen LogP contribution in [0, 0.1) is 5.92 Å². The SMILES string of the molecule is CC1CCCC(C=O)=C1Cl. The number of halogens is 1. The van der Waals surface area contributed by atoms with Crippen molar-refractivity contribution in [1.29, 1.82) is 0 Å². The van der Waals surface area contributed by atoms with Gasteiger partial charge in [0.2, 0.25) is 0 Å². The molecule has 0 bridgehead atoms. The minimum Gasteiger partial charge on any atom is -0.298 e. The monoisotopic (exact) mass is 158 g/mol. The Morgan fingerprint density at radius 3 is 2.90 bits per heavy atom. The molecule has 0 saturated heterocycles. The third-order valence-electron chi connectivity index (χ3n) is 1.96. The number of carbonyl (C=O) groups is 1. The fourth-order valence-corrected chi connectivity index (χ4v) is 1.52. The lowest BCUT2D eigenvalue weighted by Crippen LogP contribution is -2.05. The van der Waals surface area contributed by atoms with E-state index in [1.54, 1.807) is 0 Å². The molecule has 1 aliphatic rings. The second kappa shape index (κ2) is 3.20. The van der Waals surface area contributed by atoms with E-state index in [-0.39, 0.29) is 0 Å². The Morgan fingerprint density at radius 1 is 1.70 bits per heavy atom. The largest absolute Gasteiger partial charge is 0.298 e. The molecule has 1 atom stereocenters. The van der Waals surface area contributed by atoms with Gasteiger partial charge in [-0.1, -0.05) is 18.5 Å². The van der Waals surface area contributed by atoms with Crippen molar-refractivity contribution in [3.63, 3.8) is 0 Å². The summed E-state index contributed by atoms with van der Waals surface area (Å²) in [7, 11) is 0. The average Bonchev–Trinajstić information content (AvgIpc) is 1.95. The first-order valence-corrected chi connectivity index (χ1v) is 3.97. The van der Waals surface area contributed by atoms with E-state index in [0.29, 0.717) is 5.92 Å². The summed E-state index contributed by atoms with van der Waals surface area (Å²) in [6.07, 6.45) is 3.98. The molecule has 0 radical (unpaired) electrons. The van der Waals surface area contributed by atoms with Crippen molar-refractivity contribution in [3.8, 4) is 0 Å². The molecule has 0 N–H and O–H groups in total. The molecule has 0 aliphatic heterocycles. The third-order valence-corrected chi connectivity index (χ3v) is 2.58. The highest BCUT2D eigenvalue weighted by atomic mass is 35.5. The fourth-order valence-electron chi connectivity index (χ4n) is 1.28. The van der Waals surface area contributed by atoms with Crippen molar-refractivity contribution in [2.24, 2.45) is 5.92 Å². The minimum absolute atomic E-state index is 0.399. The average molecular weight is 159 g/mol. The second-order valence-electron chi connectivity index (χ2n) is 2.78. The molecule has 1 rings (SSSR count). The van der Waals surface area contributed by atoms with Crippen molar-refractivity contribution in [2.45, 2.75) is 26.2 Å². The van der Waals surface area contributed by atoms with Gasteiger partial charge in [0.05, 0.1) is 0 Å². The molecular formula is C8H11ClO. The fraction of sp³-hybridized carbons (Fsp3) is 0.625. The van der Waals surface area contributed by atoms with Crippen LogP contribution in [-0.4, -0.2) is 6.29 Å². The Labute approximate surface area is 66.1 Å². The van der Waals surface area contributed by atoms with Crippen LogP contribution in [0.2, 0.25) is 0 Å². The molecule has 0 aromatic rings. The van der Waals surface area contributed by atoms with E-state index in [1.165, 1.54) is 0 Å². The minimum atomic E-state index is 0.399. The molecule has 0 saturated carbocycles. The van der Waals surface area contributed by atoms with Crippen LogP contribution in [0.4, 0.5) is 0 Å². The number of hydrogen-bond donors (Lipinski definition) is 0. The van der Waals surface area contributed by atoms with Gasteiger partial charge in [-0.2, -0.15) is 0 Å². The highest BCUT2D eigenvalue weighted by molar-refractivity contribution is 6.31. The molecule has 56 valence electrons. The van der Waals surface area contributed by atoms with Gasteiger partial charge in [0, 0.05) is 10.6 Å². The molecule has 0 fully saturated rings. The number of carbonyl (C=O) groups excluding carboxylic acids is 1. The van der Waals surface area contributed by atoms with Gasteiger partial charge < -0.3 is 0 Å². The van der Waals surface area contributed by atoms with Gasteiger partial charge in [0.25, 0.3) is 0 Å². The van der Waals surface area contributed by atoms with Crippen LogP contribution < -0.4 is 0 Å². The van der Waals surface area contributed by atoms with E-state index in [4.69, 9.17) is 11.6 Å². The Morgan fingerprint density at radius 2 is 2.40 bits per heavy atom. The molecular weight excluding hydrogens is 148 g/mol. The van der Waals surface area contributed by atoms with E-state index in [1.807, 2.05) is 0 Å². The van der Waals surface area contributed by atoms with E-state index < -0.39 is 0 Å². The van der Waals surface area contributed by atoms with Crippen LogP contribution in [0.15, 0.2) is 10.6 Å². The summed E-state index contributed by atoms with van der Waals surface area (Å²) in [6.45, 7) is 2.06. The number of aldehydes is 1. The molecule has 10 heavy (non-hydrogen) atoms. The van der Waals surface area contributed by atoms with Gasteiger partial charge in [0.1, 0.15) is 6.29 Å². The maximum Gasteiger partial charge on any atom is 0.147 e. The van der Waals surface area contributed by atoms with E-state index in [9.17, 15) is 4.79 Å². The van der Waals surface area contributed by atoms with Gasteiger partial charge in [0.15, 0.2) is 0 Å². The molecule has 1 nitrogen and oxygen atoms in total. The molecule has 0 spiro atoms. The summed E-state index contributed by atoms with van der Waals surface area (Å²) in [5.41, 5.74) is 0.806. The first kappa shape index (κ1) is 7.80. The highest BCUT2D eigenvalue weighted by Crippen LogP contribution is 2.31. The maximum atomic E-state index is 10.4. The summed E-state index contributed by atoms with van der Waals surface area (Å²) in [5, 5.41) is 0.779. The predicted octanol–water partition coefficient (Wildman–Crippen LogP) is 2.50. The normalized spacial score (nSPS) is 26.8.